The molecule has 12 heteroatoms. The summed E-state index contributed by atoms with van der Waals surface area (Å²) in [4.78, 5) is 28.5. The SMILES string of the molecule is Cc1ccc(S(=O)(=O)OCCN(C(=O)OC(C)(C)C)C2CN(C(=O)OC(C)(C)C)CC2S(C)=O)cc1. The molecule has 1 aliphatic heterocycles. The molecule has 0 bridgehead atoms. The number of nitrogens with zero attached hydrogens (tertiary/aromatic N) is 2. The molecule has 2 amide bonds. The van der Waals surface area contributed by atoms with Crippen LogP contribution in [0.4, 0.5) is 9.59 Å². The largest absolute Gasteiger partial charge is 0.444 e. The van der Waals surface area contributed by atoms with E-state index in [9.17, 15) is 22.2 Å². The second-order valence-corrected chi connectivity index (χ2v) is 14.0. The Morgan fingerprint density at radius 1 is 1.03 bits per heavy atom. The summed E-state index contributed by atoms with van der Waals surface area (Å²) >= 11 is 0. The lowest BCUT2D eigenvalue weighted by atomic mass is 10.2. The lowest BCUT2D eigenvalue weighted by Gasteiger charge is -2.33. The van der Waals surface area contributed by atoms with Gasteiger partial charge in [-0.05, 0) is 60.6 Å². The van der Waals surface area contributed by atoms with Crippen molar-refractivity contribution in [3.8, 4) is 0 Å². The molecule has 1 heterocycles. The van der Waals surface area contributed by atoms with Crippen molar-refractivity contribution in [1.82, 2.24) is 9.80 Å². The van der Waals surface area contributed by atoms with Crippen molar-refractivity contribution in [1.29, 1.82) is 0 Å². The van der Waals surface area contributed by atoms with Crippen molar-refractivity contribution in [2.75, 3.05) is 32.5 Å². The Kier molecular flexibility index (Phi) is 9.58. The summed E-state index contributed by atoms with van der Waals surface area (Å²) in [5, 5.41) is -0.584. The van der Waals surface area contributed by atoms with Gasteiger partial charge in [0.05, 0.1) is 22.8 Å². The standard InChI is InChI=1S/C24H38N2O8S2/c1-17-9-11-18(12-10-17)36(30,31)32-14-13-26(22(28)34-24(5,6)7)19-15-25(16-20(19)35(8)29)21(27)33-23(2,3)4/h9-12,19-20H,13-16H2,1-8H3. The normalized spacial score (nSPS) is 19.6. The molecular formula is C24H38N2O8S2. The minimum Gasteiger partial charge on any atom is -0.444 e. The molecule has 1 aliphatic rings. The molecule has 1 aromatic carbocycles. The summed E-state index contributed by atoms with van der Waals surface area (Å²) < 4.78 is 54.0. The fraction of sp³-hybridized carbons (Fsp3) is 0.667. The van der Waals surface area contributed by atoms with Crippen LogP contribution in [0.1, 0.15) is 47.1 Å². The third-order valence-corrected chi connectivity index (χ3v) is 7.87. The highest BCUT2D eigenvalue weighted by Gasteiger charge is 2.44. The van der Waals surface area contributed by atoms with Gasteiger partial charge in [0, 0.05) is 36.7 Å². The van der Waals surface area contributed by atoms with Gasteiger partial charge in [-0.1, -0.05) is 17.7 Å². The molecule has 0 N–H and O–H groups in total. The smallest absolute Gasteiger partial charge is 0.410 e. The first-order valence-corrected chi connectivity index (χ1v) is 14.7. The van der Waals surface area contributed by atoms with Crippen molar-refractivity contribution >= 4 is 33.1 Å². The molecule has 1 fully saturated rings. The van der Waals surface area contributed by atoms with E-state index >= 15 is 0 Å². The van der Waals surface area contributed by atoms with E-state index in [0.717, 1.165) is 5.56 Å². The molecule has 0 aliphatic carbocycles. The Balaban J connectivity index is 2.25. The Labute approximate surface area is 216 Å². The van der Waals surface area contributed by atoms with Gasteiger partial charge in [-0.3, -0.25) is 13.3 Å². The summed E-state index contributed by atoms with van der Waals surface area (Å²) in [6.45, 7) is 11.9. The van der Waals surface area contributed by atoms with Gasteiger partial charge in [-0.25, -0.2) is 9.59 Å². The maximum Gasteiger partial charge on any atom is 0.410 e. The number of benzene rings is 1. The number of hydrogen-bond acceptors (Lipinski definition) is 8. The molecular weight excluding hydrogens is 508 g/mol. The highest BCUT2D eigenvalue weighted by Crippen LogP contribution is 2.25. The predicted molar refractivity (Wildman–Crippen MR) is 137 cm³/mol. The quantitative estimate of drug-likeness (QED) is 0.478. The van der Waals surface area contributed by atoms with Gasteiger partial charge >= 0.3 is 12.2 Å². The van der Waals surface area contributed by atoms with Crippen molar-refractivity contribution in [2.45, 2.75) is 75.9 Å². The van der Waals surface area contributed by atoms with Gasteiger partial charge in [0.2, 0.25) is 0 Å². The monoisotopic (exact) mass is 546 g/mol. The minimum absolute atomic E-state index is 0.00132. The van der Waals surface area contributed by atoms with E-state index in [-0.39, 0.29) is 31.1 Å². The van der Waals surface area contributed by atoms with Gasteiger partial charge in [0.25, 0.3) is 10.1 Å². The van der Waals surface area contributed by atoms with Crippen molar-refractivity contribution < 1.29 is 35.9 Å². The van der Waals surface area contributed by atoms with Gasteiger partial charge in [-0.15, -0.1) is 0 Å². The first kappa shape index (κ1) is 30.0. The van der Waals surface area contributed by atoms with Crippen LogP contribution in [0.15, 0.2) is 29.2 Å². The number of amides is 2. The average Bonchev–Trinajstić information content (AvgIpc) is 3.14. The van der Waals surface area contributed by atoms with E-state index in [2.05, 4.69) is 0 Å². The number of aryl methyl sites for hydroxylation is 1. The van der Waals surface area contributed by atoms with Crippen LogP contribution in [0, 0.1) is 6.92 Å². The molecule has 3 unspecified atom stereocenters. The highest BCUT2D eigenvalue weighted by molar-refractivity contribution is 7.86. The lowest BCUT2D eigenvalue weighted by molar-refractivity contribution is 0.0111. The third kappa shape index (κ3) is 8.74. The van der Waals surface area contributed by atoms with Crippen LogP contribution in [0.5, 0.6) is 0 Å². The molecule has 10 nitrogen and oxygen atoms in total. The number of ether oxygens (including phenoxy) is 2. The van der Waals surface area contributed by atoms with Gasteiger partial charge in [0.1, 0.15) is 11.2 Å². The van der Waals surface area contributed by atoms with Crippen LogP contribution in [0.3, 0.4) is 0 Å². The van der Waals surface area contributed by atoms with Crippen LogP contribution in [-0.2, 0) is 34.6 Å². The van der Waals surface area contributed by atoms with Crippen LogP contribution < -0.4 is 0 Å². The zero-order valence-corrected chi connectivity index (χ0v) is 23.9. The summed E-state index contributed by atoms with van der Waals surface area (Å²) in [5.41, 5.74) is -0.646. The maximum absolute atomic E-state index is 13.1. The molecule has 1 aromatic rings. The summed E-state index contributed by atoms with van der Waals surface area (Å²) in [6.07, 6.45) is 0.204. The number of hydrogen-bond donors (Lipinski definition) is 0. The van der Waals surface area contributed by atoms with Gasteiger partial charge in [-0.2, -0.15) is 8.42 Å². The molecule has 0 radical (unpaired) electrons. The zero-order chi connectivity index (χ0) is 27.5. The molecule has 0 saturated carbocycles. The molecule has 0 aromatic heterocycles. The fourth-order valence-corrected chi connectivity index (χ4v) is 5.55. The molecule has 1 saturated heterocycles. The van der Waals surface area contributed by atoms with E-state index in [1.54, 1.807) is 53.7 Å². The number of rotatable bonds is 7. The van der Waals surface area contributed by atoms with Gasteiger partial charge < -0.3 is 14.4 Å². The first-order valence-electron chi connectivity index (χ1n) is 11.7. The number of carbonyl (C=O) groups is 2. The van der Waals surface area contributed by atoms with Crippen molar-refractivity contribution in [3.63, 3.8) is 0 Å². The highest BCUT2D eigenvalue weighted by atomic mass is 32.2. The van der Waals surface area contributed by atoms with E-state index in [1.807, 2.05) is 6.92 Å². The second-order valence-electron chi connectivity index (χ2n) is 10.8. The Bertz CT molecular complexity index is 1060. The summed E-state index contributed by atoms with van der Waals surface area (Å²) in [6, 6.07) is 5.52. The Hall–Kier alpha value is -2.18. The van der Waals surface area contributed by atoms with Crippen molar-refractivity contribution in [2.24, 2.45) is 0 Å². The van der Waals surface area contributed by atoms with Crippen LogP contribution in [-0.4, -0.2) is 89.6 Å². The molecule has 2 rings (SSSR count). The van der Waals surface area contributed by atoms with E-state index in [1.165, 1.54) is 28.2 Å². The molecule has 36 heavy (non-hydrogen) atoms. The second kappa shape index (κ2) is 11.5. The molecule has 0 spiro atoms. The number of likely N-dealkylation sites (tertiary alicyclic amines) is 1. The van der Waals surface area contributed by atoms with Crippen LogP contribution in [0.2, 0.25) is 0 Å². The topological polar surface area (TPSA) is 120 Å². The van der Waals surface area contributed by atoms with Crippen molar-refractivity contribution in [3.05, 3.63) is 29.8 Å². The molecule has 3 atom stereocenters. The van der Waals surface area contributed by atoms with Crippen LogP contribution >= 0.6 is 0 Å². The minimum atomic E-state index is -4.05. The maximum atomic E-state index is 13.1. The van der Waals surface area contributed by atoms with E-state index in [0.29, 0.717) is 0 Å². The Morgan fingerprint density at radius 3 is 2.08 bits per heavy atom. The summed E-state index contributed by atoms with van der Waals surface area (Å²) in [5.74, 6) is 0. The Morgan fingerprint density at radius 2 is 1.58 bits per heavy atom. The fourth-order valence-electron chi connectivity index (χ4n) is 3.59. The third-order valence-electron chi connectivity index (χ3n) is 5.22. The average molecular weight is 547 g/mol. The summed E-state index contributed by atoms with van der Waals surface area (Å²) in [7, 11) is -5.46. The van der Waals surface area contributed by atoms with E-state index in [4.69, 9.17) is 13.7 Å². The predicted octanol–water partition coefficient (Wildman–Crippen LogP) is 3.30. The number of carbonyl (C=O) groups excluding carboxylic acids is 2. The van der Waals surface area contributed by atoms with E-state index < -0.39 is 55.6 Å². The lowest BCUT2D eigenvalue weighted by Crippen LogP contribution is -2.51. The first-order chi connectivity index (χ1) is 16.4. The molecule has 204 valence electrons. The van der Waals surface area contributed by atoms with Gasteiger partial charge in [0.15, 0.2) is 0 Å². The van der Waals surface area contributed by atoms with Crippen LogP contribution in [0.25, 0.3) is 0 Å². The zero-order valence-electron chi connectivity index (χ0n) is 22.3.